The van der Waals surface area contributed by atoms with Gasteiger partial charge >= 0.3 is 5.91 Å². The van der Waals surface area contributed by atoms with Crippen molar-refractivity contribution in [2.75, 3.05) is 11.5 Å². The molecule has 1 saturated heterocycles. The maximum Gasteiger partial charge on any atom is 0.301 e. The minimum atomic E-state index is -1.03. The van der Waals surface area contributed by atoms with Crippen molar-refractivity contribution in [2.24, 2.45) is 0 Å². The van der Waals surface area contributed by atoms with Crippen molar-refractivity contribution in [1.82, 2.24) is 10.2 Å². The zero-order chi connectivity index (χ0) is 34.8. The molecule has 0 aliphatic carbocycles. The lowest BCUT2D eigenvalue weighted by Gasteiger charge is -2.24. The number of aliphatic hydroxyl groups excluding tert-OH is 1. The van der Waals surface area contributed by atoms with Gasteiger partial charge in [-0.25, -0.2) is 0 Å². The number of hydrogen-bond donors (Lipinski definition) is 1. The number of Topliss-reactive ketones (excluding diaryl/α,β-unsaturated/α-hetero) is 1. The van der Waals surface area contributed by atoms with E-state index in [2.05, 4.69) is 10.2 Å². The van der Waals surface area contributed by atoms with Crippen molar-refractivity contribution >= 4 is 57.3 Å². The number of ketones is 1. The first-order valence-corrected chi connectivity index (χ1v) is 18.2. The molecule has 4 aromatic carbocycles. The van der Waals surface area contributed by atoms with Crippen molar-refractivity contribution < 1.29 is 28.9 Å². The minimum absolute atomic E-state index is 0.00301. The Morgan fingerprint density at radius 1 is 0.980 bits per heavy atom. The summed E-state index contributed by atoms with van der Waals surface area (Å²) in [5.41, 5.74) is 3.83. The Morgan fingerprint density at radius 2 is 1.78 bits per heavy atom. The van der Waals surface area contributed by atoms with Gasteiger partial charge in [-0.2, -0.15) is 0 Å². The summed E-state index contributed by atoms with van der Waals surface area (Å²) in [6.45, 7) is 4.51. The fourth-order valence-electron chi connectivity index (χ4n) is 5.97. The maximum absolute atomic E-state index is 13.9. The second-order valence-electron chi connectivity index (χ2n) is 11.8. The van der Waals surface area contributed by atoms with Crippen LogP contribution in [-0.2, 0) is 28.4 Å². The number of fused-ring (bicyclic) bond motifs is 1. The van der Waals surface area contributed by atoms with Crippen LogP contribution in [0.2, 0.25) is 5.02 Å². The molecule has 254 valence electrons. The zero-order valence-corrected chi connectivity index (χ0v) is 29.6. The van der Waals surface area contributed by atoms with Crippen LogP contribution in [0.3, 0.4) is 0 Å². The van der Waals surface area contributed by atoms with Gasteiger partial charge in [0.1, 0.15) is 24.2 Å². The van der Waals surface area contributed by atoms with Gasteiger partial charge in [0.25, 0.3) is 5.78 Å². The van der Waals surface area contributed by atoms with Crippen molar-refractivity contribution in [3.05, 3.63) is 129 Å². The van der Waals surface area contributed by atoms with Gasteiger partial charge in [-0.05, 0) is 78.6 Å². The van der Waals surface area contributed by atoms with Gasteiger partial charge in [0.05, 0.1) is 18.2 Å². The number of rotatable bonds is 11. The van der Waals surface area contributed by atoms with Crippen LogP contribution in [0.15, 0.2) is 101 Å². The van der Waals surface area contributed by atoms with Gasteiger partial charge in [-0.3, -0.25) is 14.5 Å². The van der Waals surface area contributed by atoms with Crippen molar-refractivity contribution in [2.45, 2.75) is 49.1 Å². The Bertz CT molecular complexity index is 2090. The van der Waals surface area contributed by atoms with Crippen LogP contribution in [0.5, 0.6) is 17.2 Å². The number of aliphatic hydroxyl groups is 1. The van der Waals surface area contributed by atoms with Crippen LogP contribution < -0.4 is 19.1 Å². The number of carbonyl (C=O) groups excluding carboxylic acids is 2. The highest BCUT2D eigenvalue weighted by Gasteiger charge is 2.48. The van der Waals surface area contributed by atoms with Gasteiger partial charge in [0.15, 0.2) is 15.8 Å². The smallest absolute Gasteiger partial charge is 0.301 e. The molecule has 1 N–H and O–H groups in total. The van der Waals surface area contributed by atoms with Crippen molar-refractivity contribution in [3.63, 3.8) is 0 Å². The van der Waals surface area contributed by atoms with Gasteiger partial charge < -0.3 is 19.3 Å². The number of hydrogen-bond acceptors (Lipinski definition) is 10. The summed E-state index contributed by atoms with van der Waals surface area (Å²) in [6.07, 6.45) is 0.661. The maximum atomic E-state index is 13.9. The Balaban J connectivity index is 1.27. The standard InChI is InChI=1S/C38H32ClN3O6S2/c1-3-46-31-19-25(11-16-30(31)47-20-23-7-5-4-6-8-23)33-32(34(43)26-12-15-29-27(18-26)17-22(2)48-29)35(44)36(45)42(33)37-40-41-38(50-37)49-21-24-9-13-28(39)14-10-24/h4-16,18-19,22,33,43H,3,17,20-21H2,1-2H3/b34-32+/t22-,33+/m0/s1. The van der Waals surface area contributed by atoms with Gasteiger partial charge in [0, 0.05) is 22.8 Å². The summed E-state index contributed by atoms with van der Waals surface area (Å²) in [4.78, 5) is 29.1. The number of anilines is 1. The van der Waals surface area contributed by atoms with Crippen LogP contribution in [0, 0.1) is 0 Å². The largest absolute Gasteiger partial charge is 0.507 e. The number of carbonyl (C=O) groups is 2. The Labute approximate surface area is 302 Å². The van der Waals surface area contributed by atoms with E-state index in [4.69, 9.17) is 25.8 Å². The molecule has 2 aliphatic heterocycles. The number of nitrogens with zero attached hydrogens (tertiary/aromatic N) is 3. The molecule has 0 saturated carbocycles. The Kier molecular flexibility index (Phi) is 9.80. The number of amides is 1. The highest BCUT2D eigenvalue weighted by molar-refractivity contribution is 8.00. The lowest BCUT2D eigenvalue weighted by molar-refractivity contribution is -0.132. The van der Waals surface area contributed by atoms with E-state index >= 15 is 0 Å². The third kappa shape index (κ3) is 6.94. The fraction of sp³-hybridized carbons (Fsp3) is 0.211. The summed E-state index contributed by atoms with van der Waals surface area (Å²) < 4.78 is 18.6. The monoisotopic (exact) mass is 725 g/mol. The normalized spacial score (nSPS) is 17.9. The summed E-state index contributed by atoms with van der Waals surface area (Å²) >= 11 is 8.70. The second kappa shape index (κ2) is 14.6. The van der Waals surface area contributed by atoms with Gasteiger partial charge in [-0.15, -0.1) is 10.2 Å². The minimum Gasteiger partial charge on any atom is -0.507 e. The average Bonchev–Trinajstić information content (AvgIpc) is 3.82. The molecule has 0 spiro atoms. The van der Waals surface area contributed by atoms with Crippen molar-refractivity contribution in [1.29, 1.82) is 0 Å². The van der Waals surface area contributed by atoms with E-state index in [9.17, 15) is 14.7 Å². The molecule has 0 unspecified atom stereocenters. The molecule has 1 aromatic heterocycles. The van der Waals surface area contributed by atoms with E-state index in [1.807, 2.05) is 68.4 Å². The number of ether oxygens (including phenoxy) is 3. The highest BCUT2D eigenvalue weighted by atomic mass is 35.5. The molecule has 5 aromatic rings. The number of halogens is 1. The SMILES string of the molecule is CCOc1cc([C@@H]2/C(=C(\O)c3ccc4c(c3)C[C@H](C)O4)C(=O)C(=O)N2c2nnc(SCc3ccc(Cl)cc3)s2)ccc1OCc1ccccc1. The molecule has 3 heterocycles. The second-order valence-corrected chi connectivity index (χ2v) is 14.4. The van der Waals surface area contributed by atoms with Gasteiger partial charge in [-0.1, -0.05) is 83.2 Å². The summed E-state index contributed by atoms with van der Waals surface area (Å²) in [5, 5.41) is 21.4. The number of aromatic nitrogens is 2. The van der Waals surface area contributed by atoms with E-state index in [1.165, 1.54) is 28.0 Å². The predicted molar refractivity (Wildman–Crippen MR) is 194 cm³/mol. The molecule has 9 nitrogen and oxygen atoms in total. The molecular formula is C38H32ClN3O6S2. The summed E-state index contributed by atoms with van der Waals surface area (Å²) in [5.74, 6) is 0.343. The predicted octanol–water partition coefficient (Wildman–Crippen LogP) is 8.41. The van der Waals surface area contributed by atoms with E-state index in [0.717, 1.165) is 22.4 Å². The lowest BCUT2D eigenvalue weighted by Crippen LogP contribution is -2.29. The van der Waals surface area contributed by atoms with Crippen molar-refractivity contribution in [3.8, 4) is 17.2 Å². The van der Waals surface area contributed by atoms with Crippen LogP contribution in [0.4, 0.5) is 5.13 Å². The third-order valence-electron chi connectivity index (χ3n) is 8.31. The van der Waals surface area contributed by atoms with Crippen LogP contribution in [-0.4, -0.2) is 39.7 Å². The van der Waals surface area contributed by atoms with E-state index in [1.54, 1.807) is 36.4 Å². The van der Waals surface area contributed by atoms with Crippen LogP contribution in [0.25, 0.3) is 5.76 Å². The van der Waals surface area contributed by atoms with E-state index in [-0.39, 0.29) is 22.6 Å². The topological polar surface area (TPSA) is 111 Å². The fourth-order valence-corrected chi connectivity index (χ4v) is 7.92. The summed E-state index contributed by atoms with van der Waals surface area (Å²) in [6, 6.07) is 26.8. The summed E-state index contributed by atoms with van der Waals surface area (Å²) in [7, 11) is 0. The molecule has 12 heteroatoms. The van der Waals surface area contributed by atoms with Crippen LogP contribution in [0.1, 0.15) is 47.7 Å². The van der Waals surface area contributed by atoms with Crippen LogP contribution >= 0.6 is 34.7 Å². The van der Waals surface area contributed by atoms with E-state index < -0.39 is 17.7 Å². The number of benzene rings is 4. The first kappa shape index (κ1) is 33.6. The quantitative estimate of drug-likeness (QED) is 0.0472. The first-order valence-electron chi connectivity index (χ1n) is 16.0. The first-order chi connectivity index (χ1) is 24.3. The Hall–Kier alpha value is -4.84. The average molecular weight is 726 g/mol. The highest BCUT2D eigenvalue weighted by Crippen LogP contribution is 2.46. The molecule has 2 aliphatic rings. The molecule has 0 bridgehead atoms. The lowest BCUT2D eigenvalue weighted by atomic mass is 9.94. The molecule has 1 fully saturated rings. The van der Waals surface area contributed by atoms with E-state index in [0.29, 0.717) is 57.4 Å². The van der Waals surface area contributed by atoms with Gasteiger partial charge in [0.2, 0.25) is 5.13 Å². The molecule has 7 rings (SSSR count). The zero-order valence-electron chi connectivity index (χ0n) is 27.2. The Morgan fingerprint density at radius 3 is 2.56 bits per heavy atom. The molecule has 1 amide bonds. The molecule has 2 atom stereocenters. The third-order valence-corrected chi connectivity index (χ3v) is 10.7. The number of thioether (sulfide) groups is 1. The molecule has 50 heavy (non-hydrogen) atoms. The molecule has 0 radical (unpaired) electrons. The molecular weight excluding hydrogens is 694 g/mol.